The Morgan fingerprint density at radius 1 is 1.23 bits per heavy atom. The Bertz CT molecular complexity index is 654. The molecule has 0 bridgehead atoms. The van der Waals surface area contributed by atoms with E-state index in [0.717, 1.165) is 0 Å². The number of carbonyl (C=O) groups excluding carboxylic acids is 1. The van der Waals surface area contributed by atoms with Gasteiger partial charge in [0.2, 0.25) is 0 Å². The molecular weight excluding hydrogens is 284 g/mol. The van der Waals surface area contributed by atoms with Crippen LogP contribution in [0, 0.1) is 6.92 Å². The van der Waals surface area contributed by atoms with Crippen molar-refractivity contribution in [3.8, 4) is 11.4 Å². The van der Waals surface area contributed by atoms with Crippen molar-refractivity contribution in [1.29, 1.82) is 0 Å². The molecular formula is C14H18N6O2. The highest BCUT2D eigenvalue weighted by Crippen LogP contribution is 2.16. The second-order valence-corrected chi connectivity index (χ2v) is 5.54. The molecule has 8 heteroatoms. The summed E-state index contributed by atoms with van der Waals surface area (Å²) in [4.78, 5) is 19.9. The lowest BCUT2D eigenvalue weighted by atomic mass is 10.2. The molecule has 0 unspecified atom stereocenters. The predicted molar refractivity (Wildman–Crippen MR) is 80.8 cm³/mol. The van der Waals surface area contributed by atoms with E-state index >= 15 is 0 Å². The van der Waals surface area contributed by atoms with Gasteiger partial charge in [0.15, 0.2) is 0 Å². The predicted octanol–water partition coefficient (Wildman–Crippen LogP) is 2.09. The minimum absolute atomic E-state index is 0.169. The van der Waals surface area contributed by atoms with Gasteiger partial charge < -0.3 is 4.74 Å². The second-order valence-electron chi connectivity index (χ2n) is 5.54. The highest BCUT2D eigenvalue weighted by atomic mass is 16.6. The average Bonchev–Trinajstić information content (AvgIpc) is 2.44. The van der Waals surface area contributed by atoms with Crippen LogP contribution in [0.25, 0.3) is 11.4 Å². The van der Waals surface area contributed by atoms with Gasteiger partial charge in [0, 0.05) is 6.20 Å². The van der Waals surface area contributed by atoms with Crippen LogP contribution >= 0.6 is 0 Å². The highest BCUT2D eigenvalue weighted by molar-refractivity contribution is 5.69. The van der Waals surface area contributed by atoms with E-state index < -0.39 is 11.7 Å². The molecule has 2 aromatic rings. The van der Waals surface area contributed by atoms with E-state index in [1.165, 1.54) is 0 Å². The third kappa shape index (κ3) is 4.37. The summed E-state index contributed by atoms with van der Waals surface area (Å²) in [5, 5.41) is 7.97. The average molecular weight is 302 g/mol. The van der Waals surface area contributed by atoms with E-state index in [1.807, 2.05) is 18.2 Å². The van der Waals surface area contributed by atoms with Crippen molar-refractivity contribution in [3.63, 3.8) is 0 Å². The van der Waals surface area contributed by atoms with Crippen LogP contribution in [0.15, 0.2) is 24.4 Å². The van der Waals surface area contributed by atoms with Gasteiger partial charge in [-0.25, -0.2) is 15.2 Å². The molecule has 0 spiro atoms. The maximum Gasteiger partial charge on any atom is 0.426 e. The maximum atomic E-state index is 11.5. The molecule has 2 rings (SSSR count). The molecule has 0 atom stereocenters. The van der Waals surface area contributed by atoms with Gasteiger partial charge in [-0.15, -0.1) is 10.2 Å². The molecule has 0 aliphatic rings. The minimum Gasteiger partial charge on any atom is -0.443 e. The molecule has 1 amide bonds. The summed E-state index contributed by atoms with van der Waals surface area (Å²) in [7, 11) is 0. The smallest absolute Gasteiger partial charge is 0.426 e. The van der Waals surface area contributed by atoms with Crippen LogP contribution in [-0.2, 0) is 4.74 Å². The molecule has 0 aliphatic carbocycles. The zero-order valence-corrected chi connectivity index (χ0v) is 12.9. The number of nitrogens with one attached hydrogen (secondary N) is 2. The molecule has 0 aliphatic heterocycles. The van der Waals surface area contributed by atoms with Crippen LogP contribution in [-0.4, -0.2) is 31.9 Å². The van der Waals surface area contributed by atoms with E-state index in [1.54, 1.807) is 33.9 Å². The van der Waals surface area contributed by atoms with Gasteiger partial charge in [0.1, 0.15) is 11.3 Å². The lowest BCUT2D eigenvalue weighted by molar-refractivity contribution is 0.0540. The quantitative estimate of drug-likeness (QED) is 0.837. The largest absolute Gasteiger partial charge is 0.443 e. The molecule has 0 aromatic carbocycles. The number of nitrogens with zero attached hydrogens (tertiary/aromatic N) is 4. The number of carbonyl (C=O) groups is 1. The molecule has 8 nitrogen and oxygen atoms in total. The fourth-order valence-electron chi connectivity index (χ4n) is 1.61. The molecule has 0 fully saturated rings. The summed E-state index contributed by atoms with van der Waals surface area (Å²) in [5.74, 6) is 0.169. The number of aryl methyl sites for hydroxylation is 1. The lowest BCUT2D eigenvalue weighted by Gasteiger charge is -2.19. The number of hydrogen-bond donors (Lipinski definition) is 2. The van der Waals surface area contributed by atoms with Gasteiger partial charge in [-0.3, -0.25) is 10.4 Å². The number of rotatable bonds is 3. The second kappa shape index (κ2) is 6.33. The van der Waals surface area contributed by atoms with E-state index in [-0.39, 0.29) is 5.95 Å². The zero-order valence-electron chi connectivity index (χ0n) is 12.9. The zero-order chi connectivity index (χ0) is 16.2. The lowest BCUT2D eigenvalue weighted by Crippen LogP contribution is -2.36. The molecule has 0 radical (unpaired) electrons. The van der Waals surface area contributed by atoms with E-state index in [2.05, 4.69) is 31.0 Å². The minimum atomic E-state index is -0.623. The third-order valence-electron chi connectivity index (χ3n) is 2.44. The molecule has 2 heterocycles. The van der Waals surface area contributed by atoms with E-state index in [4.69, 9.17) is 4.74 Å². The monoisotopic (exact) mass is 302 g/mol. The van der Waals surface area contributed by atoms with Gasteiger partial charge in [-0.05, 0) is 39.8 Å². The van der Waals surface area contributed by atoms with Gasteiger partial charge in [0.25, 0.3) is 5.95 Å². The number of hydrogen-bond acceptors (Lipinski definition) is 7. The number of aromatic nitrogens is 4. The van der Waals surface area contributed by atoms with Crippen molar-refractivity contribution < 1.29 is 9.53 Å². The summed E-state index contributed by atoms with van der Waals surface area (Å²) in [5.41, 5.74) is 6.24. The Morgan fingerprint density at radius 2 is 2.00 bits per heavy atom. The Labute approximate surface area is 128 Å². The van der Waals surface area contributed by atoms with E-state index in [9.17, 15) is 4.79 Å². The first kappa shape index (κ1) is 15.6. The fraction of sp³-hybridized carbons (Fsp3) is 0.357. The van der Waals surface area contributed by atoms with E-state index in [0.29, 0.717) is 17.1 Å². The molecule has 0 saturated carbocycles. The van der Waals surface area contributed by atoms with Crippen molar-refractivity contribution >= 4 is 12.0 Å². The number of hydrazine groups is 1. The number of pyridine rings is 1. The molecule has 0 saturated heterocycles. The van der Waals surface area contributed by atoms with Crippen LogP contribution in [0.2, 0.25) is 0 Å². The molecule has 116 valence electrons. The van der Waals surface area contributed by atoms with Crippen LogP contribution in [0.1, 0.15) is 26.5 Å². The van der Waals surface area contributed by atoms with Crippen molar-refractivity contribution in [2.75, 3.05) is 5.43 Å². The highest BCUT2D eigenvalue weighted by Gasteiger charge is 2.16. The van der Waals surface area contributed by atoms with Crippen molar-refractivity contribution in [1.82, 2.24) is 25.6 Å². The maximum absolute atomic E-state index is 11.5. The number of amides is 1. The van der Waals surface area contributed by atoms with Crippen LogP contribution in [0.4, 0.5) is 10.7 Å². The number of ether oxygens (including phenoxy) is 1. The fourth-order valence-corrected chi connectivity index (χ4v) is 1.61. The van der Waals surface area contributed by atoms with Gasteiger partial charge in [-0.1, -0.05) is 6.07 Å². The molecule has 2 aromatic heterocycles. The normalized spacial score (nSPS) is 10.9. The van der Waals surface area contributed by atoms with Crippen molar-refractivity contribution in [3.05, 3.63) is 30.1 Å². The van der Waals surface area contributed by atoms with Gasteiger partial charge >= 0.3 is 6.09 Å². The topological polar surface area (TPSA) is 102 Å². The Morgan fingerprint density at radius 3 is 2.59 bits per heavy atom. The molecule has 22 heavy (non-hydrogen) atoms. The first-order valence-corrected chi connectivity index (χ1v) is 6.73. The van der Waals surface area contributed by atoms with Gasteiger partial charge in [0.05, 0.1) is 11.4 Å². The molecule has 2 N–H and O–H groups in total. The van der Waals surface area contributed by atoms with Crippen LogP contribution in [0.3, 0.4) is 0 Å². The summed E-state index contributed by atoms with van der Waals surface area (Å²) in [6.07, 6.45) is 1.05. The summed E-state index contributed by atoms with van der Waals surface area (Å²) in [6, 6.07) is 5.50. The number of anilines is 1. The van der Waals surface area contributed by atoms with Crippen molar-refractivity contribution in [2.45, 2.75) is 33.3 Å². The summed E-state index contributed by atoms with van der Waals surface area (Å²) >= 11 is 0. The first-order valence-electron chi connectivity index (χ1n) is 6.73. The Hall–Kier alpha value is -2.77. The third-order valence-corrected chi connectivity index (χ3v) is 2.44. The van der Waals surface area contributed by atoms with Gasteiger partial charge in [-0.2, -0.15) is 0 Å². The Balaban J connectivity index is 2.03. The first-order chi connectivity index (χ1) is 10.3. The van der Waals surface area contributed by atoms with Crippen LogP contribution in [0.5, 0.6) is 0 Å². The standard InChI is InChI=1S/C14H18N6O2/c1-9-11(10-7-5-6-8-15-10)17-18-12(16-9)19-20-13(21)22-14(2,3)4/h5-8H,1-4H3,(H,20,21)(H,16,18,19). The van der Waals surface area contributed by atoms with Crippen molar-refractivity contribution in [2.24, 2.45) is 0 Å². The SMILES string of the molecule is Cc1nc(NNC(=O)OC(C)(C)C)nnc1-c1ccccn1. The summed E-state index contributed by atoms with van der Waals surface area (Å²) in [6.45, 7) is 7.11. The Kier molecular flexibility index (Phi) is 4.50. The summed E-state index contributed by atoms with van der Waals surface area (Å²) < 4.78 is 5.08. The van der Waals surface area contributed by atoms with Crippen LogP contribution < -0.4 is 10.9 Å².